The van der Waals surface area contributed by atoms with E-state index >= 15 is 0 Å². The molecule has 0 amide bonds. The fraction of sp³-hybridized carbons (Fsp3) is 0.909. The lowest BCUT2D eigenvalue weighted by molar-refractivity contribution is -0.326. The Kier molecular flexibility index (Phi) is 4.43. The molecule has 0 heterocycles. The summed E-state index contributed by atoms with van der Waals surface area (Å²) in [6.45, 7) is 4.47. The molecule has 0 bridgehead atoms. The molecule has 18 heavy (non-hydrogen) atoms. The maximum atomic E-state index is 13.1. The normalized spacial score (nSPS) is 17.2. The number of esters is 1. The summed E-state index contributed by atoms with van der Waals surface area (Å²) >= 11 is 0. The van der Waals surface area contributed by atoms with Gasteiger partial charge in [-0.2, -0.15) is 13.2 Å². The zero-order chi connectivity index (χ0) is 15.0. The van der Waals surface area contributed by atoms with Crippen LogP contribution < -0.4 is 0 Å². The van der Waals surface area contributed by atoms with E-state index in [0.717, 1.165) is 0 Å². The molecule has 0 saturated heterocycles. The van der Waals surface area contributed by atoms with Crippen molar-refractivity contribution in [2.45, 2.75) is 58.7 Å². The minimum atomic E-state index is -5.36. The van der Waals surface area contributed by atoms with Gasteiger partial charge >= 0.3 is 12.1 Å². The van der Waals surface area contributed by atoms with Crippen molar-refractivity contribution in [1.29, 1.82) is 0 Å². The van der Waals surface area contributed by atoms with Crippen LogP contribution in [0.5, 0.6) is 0 Å². The van der Waals surface area contributed by atoms with Gasteiger partial charge in [0.15, 0.2) is 0 Å². The first kappa shape index (κ1) is 17.1. The van der Waals surface area contributed by atoms with Crippen LogP contribution in [0.2, 0.25) is 0 Å². The first-order valence-electron chi connectivity index (χ1n) is 5.37. The topological polar surface area (TPSA) is 26.3 Å². The zero-order valence-electron chi connectivity index (χ0n) is 10.9. The summed E-state index contributed by atoms with van der Waals surface area (Å²) in [7, 11) is 0. The first-order chi connectivity index (χ1) is 7.69. The second-order valence-corrected chi connectivity index (χ2v) is 5.05. The summed E-state index contributed by atoms with van der Waals surface area (Å²) in [6.07, 6.45) is -5.18. The van der Waals surface area contributed by atoms with Gasteiger partial charge in [0.2, 0.25) is 0 Å². The molecular weight excluding hydrogens is 259 g/mol. The number of carbonyl (C=O) groups excluding carboxylic acids is 1. The van der Waals surface area contributed by atoms with E-state index in [1.54, 1.807) is 6.92 Å². The first-order valence-corrected chi connectivity index (χ1v) is 5.37. The van der Waals surface area contributed by atoms with E-state index in [9.17, 15) is 26.7 Å². The highest BCUT2D eigenvalue weighted by atomic mass is 19.4. The second-order valence-electron chi connectivity index (χ2n) is 5.05. The molecule has 0 aliphatic rings. The monoisotopic (exact) mass is 276 g/mol. The Morgan fingerprint density at radius 1 is 1.00 bits per heavy atom. The molecule has 7 heteroatoms. The predicted octanol–water partition coefficient (Wildman–Crippen LogP) is 3.94. The SMILES string of the molecule is CCC(C)(C)C(=O)OC(C)(C(C)(F)F)C(F)(F)F. The van der Waals surface area contributed by atoms with Crippen LogP contribution in [-0.4, -0.2) is 23.7 Å². The van der Waals surface area contributed by atoms with Crippen LogP contribution in [0.15, 0.2) is 0 Å². The van der Waals surface area contributed by atoms with Gasteiger partial charge < -0.3 is 4.74 Å². The lowest BCUT2D eigenvalue weighted by Crippen LogP contribution is -2.59. The number of ether oxygens (including phenoxy) is 1. The van der Waals surface area contributed by atoms with Gasteiger partial charge in [0.25, 0.3) is 11.5 Å². The number of carbonyl (C=O) groups is 1. The Bertz CT molecular complexity index is 300. The van der Waals surface area contributed by atoms with Crippen LogP contribution in [0.3, 0.4) is 0 Å². The Balaban J connectivity index is 5.39. The standard InChI is InChI=1S/C11H17F5O2/c1-6-8(2,3)7(17)18-9(4,10(5,12)13)11(14,15)16/h6H2,1-5H3. The van der Waals surface area contributed by atoms with E-state index in [4.69, 9.17) is 0 Å². The van der Waals surface area contributed by atoms with E-state index < -0.39 is 29.1 Å². The third-order valence-electron chi connectivity index (χ3n) is 3.11. The van der Waals surface area contributed by atoms with Crippen LogP contribution in [0, 0.1) is 5.41 Å². The van der Waals surface area contributed by atoms with Gasteiger partial charge in [0.05, 0.1) is 5.41 Å². The van der Waals surface area contributed by atoms with E-state index in [1.165, 1.54) is 13.8 Å². The van der Waals surface area contributed by atoms with Crippen LogP contribution >= 0.6 is 0 Å². The van der Waals surface area contributed by atoms with Gasteiger partial charge in [-0.25, -0.2) is 8.78 Å². The summed E-state index contributed by atoms with van der Waals surface area (Å²) in [5.41, 5.74) is -5.08. The summed E-state index contributed by atoms with van der Waals surface area (Å²) in [5, 5.41) is 0. The van der Waals surface area contributed by atoms with Crippen molar-refractivity contribution in [3.05, 3.63) is 0 Å². The zero-order valence-corrected chi connectivity index (χ0v) is 10.9. The minimum absolute atomic E-state index is 0.0761. The van der Waals surface area contributed by atoms with E-state index in [0.29, 0.717) is 0 Å². The average Bonchev–Trinajstić information content (AvgIpc) is 2.13. The fourth-order valence-corrected chi connectivity index (χ4v) is 0.864. The van der Waals surface area contributed by atoms with Gasteiger partial charge in [0.1, 0.15) is 0 Å². The summed E-state index contributed by atoms with van der Waals surface area (Å²) < 4.78 is 68.4. The van der Waals surface area contributed by atoms with Crippen LogP contribution in [-0.2, 0) is 9.53 Å². The van der Waals surface area contributed by atoms with Crippen LogP contribution in [0.25, 0.3) is 0 Å². The summed E-state index contributed by atoms with van der Waals surface area (Å²) in [4.78, 5) is 11.5. The van der Waals surface area contributed by atoms with Crippen molar-refractivity contribution in [2.75, 3.05) is 0 Å². The number of halogens is 5. The summed E-state index contributed by atoms with van der Waals surface area (Å²) in [5.74, 6) is -5.53. The van der Waals surface area contributed by atoms with Crippen molar-refractivity contribution < 1.29 is 31.5 Å². The molecule has 0 aliphatic carbocycles. The van der Waals surface area contributed by atoms with Crippen LogP contribution in [0.4, 0.5) is 22.0 Å². The molecular formula is C11H17F5O2. The molecule has 1 unspecified atom stereocenters. The smallest absolute Gasteiger partial charge is 0.434 e. The minimum Gasteiger partial charge on any atom is -0.443 e. The lowest BCUT2D eigenvalue weighted by Gasteiger charge is -2.38. The van der Waals surface area contributed by atoms with Crippen molar-refractivity contribution in [3.8, 4) is 0 Å². The Morgan fingerprint density at radius 2 is 1.39 bits per heavy atom. The van der Waals surface area contributed by atoms with Gasteiger partial charge in [-0.15, -0.1) is 0 Å². The molecule has 0 aromatic carbocycles. The molecule has 0 aromatic rings. The highest BCUT2D eigenvalue weighted by Gasteiger charge is 2.68. The third-order valence-corrected chi connectivity index (χ3v) is 3.11. The Morgan fingerprint density at radius 3 is 1.61 bits per heavy atom. The second kappa shape index (κ2) is 4.66. The molecule has 0 rings (SSSR count). The fourth-order valence-electron chi connectivity index (χ4n) is 0.864. The third kappa shape index (κ3) is 3.11. The quantitative estimate of drug-likeness (QED) is 0.574. The number of alkyl halides is 5. The molecule has 0 fully saturated rings. The molecule has 0 spiro atoms. The molecule has 0 aliphatic heterocycles. The lowest BCUT2D eigenvalue weighted by atomic mass is 9.89. The maximum Gasteiger partial charge on any atom is 0.434 e. The number of hydrogen-bond acceptors (Lipinski definition) is 2. The van der Waals surface area contributed by atoms with Crippen LogP contribution in [0.1, 0.15) is 41.0 Å². The van der Waals surface area contributed by atoms with Crippen molar-refractivity contribution in [3.63, 3.8) is 0 Å². The maximum absolute atomic E-state index is 13.1. The van der Waals surface area contributed by atoms with E-state index in [1.807, 2.05) is 0 Å². The Labute approximate surface area is 102 Å². The molecule has 2 nitrogen and oxygen atoms in total. The van der Waals surface area contributed by atoms with E-state index in [-0.39, 0.29) is 20.3 Å². The highest BCUT2D eigenvalue weighted by molar-refractivity contribution is 5.76. The van der Waals surface area contributed by atoms with Gasteiger partial charge in [0, 0.05) is 6.92 Å². The predicted molar refractivity (Wildman–Crippen MR) is 55.2 cm³/mol. The largest absolute Gasteiger partial charge is 0.443 e. The van der Waals surface area contributed by atoms with Gasteiger partial charge in [-0.3, -0.25) is 4.79 Å². The molecule has 0 N–H and O–H groups in total. The van der Waals surface area contributed by atoms with Gasteiger partial charge in [-0.05, 0) is 27.2 Å². The molecule has 0 radical (unpaired) electrons. The van der Waals surface area contributed by atoms with Crippen molar-refractivity contribution in [1.82, 2.24) is 0 Å². The van der Waals surface area contributed by atoms with Gasteiger partial charge in [-0.1, -0.05) is 6.92 Å². The summed E-state index contributed by atoms with van der Waals surface area (Å²) in [6, 6.07) is 0. The number of hydrogen-bond donors (Lipinski definition) is 0. The molecule has 108 valence electrons. The Hall–Kier alpha value is -0.880. The van der Waals surface area contributed by atoms with Crippen molar-refractivity contribution >= 4 is 5.97 Å². The highest BCUT2D eigenvalue weighted by Crippen LogP contribution is 2.45. The molecule has 0 aromatic heterocycles. The van der Waals surface area contributed by atoms with Crippen molar-refractivity contribution in [2.24, 2.45) is 5.41 Å². The molecule has 1 atom stereocenters. The van der Waals surface area contributed by atoms with E-state index in [2.05, 4.69) is 4.74 Å². The molecule has 0 saturated carbocycles. The average molecular weight is 276 g/mol. The number of rotatable bonds is 4.